The van der Waals surface area contributed by atoms with Gasteiger partial charge in [-0.05, 0) is 24.5 Å². The first-order chi connectivity index (χ1) is 11.8. The molecule has 2 aliphatic heterocycles. The van der Waals surface area contributed by atoms with Gasteiger partial charge in [-0.15, -0.1) is 0 Å². The van der Waals surface area contributed by atoms with Crippen molar-refractivity contribution in [1.29, 1.82) is 0 Å². The molecule has 1 aromatic heterocycles. The molecule has 2 aliphatic rings. The Morgan fingerprint density at radius 1 is 0.958 bits per heavy atom. The Labute approximate surface area is 143 Å². The van der Waals surface area contributed by atoms with Gasteiger partial charge in [-0.2, -0.15) is 0 Å². The van der Waals surface area contributed by atoms with Crippen molar-refractivity contribution in [2.24, 2.45) is 0 Å². The summed E-state index contributed by atoms with van der Waals surface area (Å²) in [5, 5.41) is 0. The summed E-state index contributed by atoms with van der Waals surface area (Å²) in [6.07, 6.45) is 5.77. The van der Waals surface area contributed by atoms with E-state index >= 15 is 0 Å². The Kier molecular flexibility index (Phi) is 4.45. The normalized spacial score (nSPS) is 21.1. The van der Waals surface area contributed by atoms with E-state index in [-0.39, 0.29) is 5.60 Å². The number of hydrogen-bond donors (Lipinski definition) is 0. The van der Waals surface area contributed by atoms with Crippen LogP contribution in [0, 0.1) is 0 Å². The monoisotopic (exact) mass is 324 g/mol. The van der Waals surface area contributed by atoms with Gasteiger partial charge in [0.15, 0.2) is 0 Å². The zero-order chi connectivity index (χ0) is 16.2. The number of ether oxygens (including phenoxy) is 1. The lowest BCUT2D eigenvalue weighted by molar-refractivity contribution is -0.0924. The Hall–Kier alpha value is -1.98. The number of morpholine rings is 1. The minimum Gasteiger partial charge on any atom is -0.371 e. The molecule has 0 aliphatic carbocycles. The highest BCUT2D eigenvalue weighted by molar-refractivity contribution is 5.30. The third-order valence-electron chi connectivity index (χ3n) is 5.10. The minimum atomic E-state index is -0.0371. The van der Waals surface area contributed by atoms with Crippen molar-refractivity contribution in [3.8, 4) is 0 Å². The van der Waals surface area contributed by atoms with Crippen LogP contribution < -0.4 is 4.90 Å². The van der Waals surface area contributed by atoms with E-state index in [2.05, 4.69) is 50.1 Å². The molecular formula is C19H24N4O. The maximum Gasteiger partial charge on any atom is 0.225 e. The molecule has 5 nitrogen and oxygen atoms in total. The van der Waals surface area contributed by atoms with E-state index in [4.69, 9.17) is 4.74 Å². The van der Waals surface area contributed by atoms with Crippen LogP contribution in [0.25, 0.3) is 0 Å². The predicted molar refractivity (Wildman–Crippen MR) is 93.9 cm³/mol. The molecule has 0 atom stereocenters. The first-order valence-electron chi connectivity index (χ1n) is 8.75. The number of piperidine rings is 1. The van der Waals surface area contributed by atoms with Crippen molar-refractivity contribution in [2.45, 2.75) is 25.0 Å². The molecule has 0 N–H and O–H groups in total. The van der Waals surface area contributed by atoms with Crippen LogP contribution in [-0.4, -0.2) is 53.3 Å². The van der Waals surface area contributed by atoms with E-state index in [1.165, 1.54) is 5.56 Å². The highest BCUT2D eigenvalue weighted by Gasteiger charge is 2.40. The zero-order valence-electron chi connectivity index (χ0n) is 14.0. The number of aromatic nitrogens is 2. The third kappa shape index (κ3) is 3.42. The van der Waals surface area contributed by atoms with Crippen molar-refractivity contribution in [3.05, 3.63) is 54.4 Å². The largest absolute Gasteiger partial charge is 0.371 e. The van der Waals surface area contributed by atoms with Gasteiger partial charge < -0.3 is 9.64 Å². The van der Waals surface area contributed by atoms with Crippen molar-refractivity contribution < 1.29 is 4.74 Å². The SMILES string of the molecule is c1ccc(CN2CCC3(CC2)CN(c2ncccn2)CCO3)cc1. The molecule has 0 radical (unpaired) electrons. The lowest BCUT2D eigenvalue weighted by Crippen LogP contribution is -2.57. The van der Waals surface area contributed by atoms with Crippen LogP contribution in [-0.2, 0) is 11.3 Å². The molecule has 4 rings (SSSR count). The molecule has 0 bridgehead atoms. The molecule has 1 spiro atoms. The van der Waals surface area contributed by atoms with Gasteiger partial charge in [0, 0.05) is 38.6 Å². The summed E-state index contributed by atoms with van der Waals surface area (Å²) in [4.78, 5) is 13.6. The van der Waals surface area contributed by atoms with Crippen LogP contribution >= 0.6 is 0 Å². The van der Waals surface area contributed by atoms with Gasteiger partial charge in [-0.3, -0.25) is 4.90 Å². The first kappa shape index (κ1) is 15.5. The number of anilines is 1. The number of rotatable bonds is 3. The summed E-state index contributed by atoms with van der Waals surface area (Å²) < 4.78 is 6.23. The topological polar surface area (TPSA) is 41.5 Å². The smallest absolute Gasteiger partial charge is 0.225 e. The maximum absolute atomic E-state index is 6.23. The highest BCUT2D eigenvalue weighted by Crippen LogP contribution is 2.31. The second-order valence-electron chi connectivity index (χ2n) is 6.76. The predicted octanol–water partition coefficient (Wildman–Crippen LogP) is 2.35. The van der Waals surface area contributed by atoms with E-state index in [0.29, 0.717) is 0 Å². The van der Waals surface area contributed by atoms with Crippen LogP contribution in [0.4, 0.5) is 5.95 Å². The Bertz CT molecular complexity index is 641. The van der Waals surface area contributed by atoms with Crippen LogP contribution in [0.3, 0.4) is 0 Å². The Morgan fingerprint density at radius 2 is 1.71 bits per heavy atom. The fraction of sp³-hybridized carbons (Fsp3) is 0.474. The lowest BCUT2D eigenvalue weighted by atomic mass is 9.89. The molecule has 1 aromatic carbocycles. The molecule has 2 aromatic rings. The summed E-state index contributed by atoms with van der Waals surface area (Å²) in [6, 6.07) is 12.6. The first-order valence-corrected chi connectivity index (χ1v) is 8.75. The molecule has 2 saturated heterocycles. The number of benzene rings is 1. The molecule has 0 saturated carbocycles. The summed E-state index contributed by atoms with van der Waals surface area (Å²) in [5.74, 6) is 0.826. The number of likely N-dealkylation sites (tertiary alicyclic amines) is 1. The average molecular weight is 324 g/mol. The molecular weight excluding hydrogens is 300 g/mol. The van der Waals surface area contributed by atoms with Gasteiger partial charge >= 0.3 is 0 Å². The molecule has 3 heterocycles. The maximum atomic E-state index is 6.23. The molecule has 24 heavy (non-hydrogen) atoms. The van der Waals surface area contributed by atoms with E-state index in [0.717, 1.165) is 58.1 Å². The average Bonchev–Trinajstić information content (AvgIpc) is 2.66. The fourth-order valence-corrected chi connectivity index (χ4v) is 3.73. The van der Waals surface area contributed by atoms with Gasteiger partial charge in [0.1, 0.15) is 0 Å². The fourth-order valence-electron chi connectivity index (χ4n) is 3.73. The molecule has 126 valence electrons. The Morgan fingerprint density at radius 3 is 2.46 bits per heavy atom. The molecule has 0 amide bonds. The standard InChI is InChI=1S/C19H24N4O/c1-2-5-17(6-3-1)15-22-11-7-19(8-12-22)16-23(13-14-24-19)18-20-9-4-10-21-18/h1-6,9-10H,7-8,11-16H2. The van der Waals surface area contributed by atoms with Crippen LogP contribution in [0.1, 0.15) is 18.4 Å². The van der Waals surface area contributed by atoms with E-state index in [1.54, 1.807) is 0 Å². The lowest BCUT2D eigenvalue weighted by Gasteiger charge is -2.47. The Balaban J connectivity index is 1.37. The molecule has 0 unspecified atom stereocenters. The number of hydrogen-bond acceptors (Lipinski definition) is 5. The third-order valence-corrected chi connectivity index (χ3v) is 5.10. The van der Waals surface area contributed by atoms with Gasteiger partial charge in [0.25, 0.3) is 0 Å². The molecule has 2 fully saturated rings. The summed E-state index contributed by atoms with van der Waals surface area (Å²) in [7, 11) is 0. The minimum absolute atomic E-state index is 0.0371. The van der Waals surface area contributed by atoms with Crippen LogP contribution in [0.5, 0.6) is 0 Å². The second-order valence-corrected chi connectivity index (χ2v) is 6.76. The van der Waals surface area contributed by atoms with Gasteiger partial charge in [0.05, 0.1) is 18.8 Å². The summed E-state index contributed by atoms with van der Waals surface area (Å²) >= 11 is 0. The van der Waals surface area contributed by atoms with Crippen molar-refractivity contribution in [2.75, 3.05) is 37.7 Å². The molecule has 5 heteroatoms. The van der Waals surface area contributed by atoms with E-state index in [1.807, 2.05) is 18.5 Å². The van der Waals surface area contributed by atoms with Crippen molar-refractivity contribution >= 4 is 5.95 Å². The van der Waals surface area contributed by atoms with Gasteiger partial charge in [-0.1, -0.05) is 30.3 Å². The zero-order valence-corrected chi connectivity index (χ0v) is 14.0. The highest BCUT2D eigenvalue weighted by atomic mass is 16.5. The van der Waals surface area contributed by atoms with Gasteiger partial charge in [-0.25, -0.2) is 9.97 Å². The summed E-state index contributed by atoms with van der Waals surface area (Å²) in [6.45, 7) is 5.73. The quantitative estimate of drug-likeness (QED) is 0.867. The van der Waals surface area contributed by atoms with Crippen molar-refractivity contribution in [1.82, 2.24) is 14.9 Å². The van der Waals surface area contributed by atoms with Crippen molar-refractivity contribution in [3.63, 3.8) is 0 Å². The second kappa shape index (κ2) is 6.87. The van der Waals surface area contributed by atoms with Gasteiger partial charge in [0.2, 0.25) is 5.95 Å². The number of nitrogens with zero attached hydrogens (tertiary/aromatic N) is 4. The van der Waals surface area contributed by atoms with E-state index in [9.17, 15) is 0 Å². The summed E-state index contributed by atoms with van der Waals surface area (Å²) in [5.41, 5.74) is 1.35. The van der Waals surface area contributed by atoms with E-state index < -0.39 is 0 Å². The van der Waals surface area contributed by atoms with Crippen LogP contribution in [0.15, 0.2) is 48.8 Å². The van der Waals surface area contributed by atoms with Crippen LogP contribution in [0.2, 0.25) is 0 Å².